The van der Waals surface area contributed by atoms with Gasteiger partial charge in [-0.3, -0.25) is 4.79 Å². The first-order valence-corrected chi connectivity index (χ1v) is 8.85. The average molecular weight is 404 g/mol. The first-order valence-electron chi connectivity index (χ1n) is 8.85. The molecule has 0 radical (unpaired) electrons. The molecule has 0 N–H and O–H groups in total. The Morgan fingerprint density at radius 3 is 2.14 bits per heavy atom. The van der Waals surface area contributed by atoms with Gasteiger partial charge in [-0.1, -0.05) is 18.2 Å². The standard InChI is InChI=1S/C20H18F6O2/c1-11(27)12-2-8-16-13(10-12)3-9-17(18(16)20(24,25)26)28-15-6-4-14(5-7-15)19(21,22)23/h2-3,8-10,14-15H,4-7H2,1H3. The Morgan fingerprint density at radius 2 is 1.61 bits per heavy atom. The molecule has 0 aromatic heterocycles. The van der Waals surface area contributed by atoms with E-state index in [9.17, 15) is 31.1 Å². The largest absolute Gasteiger partial charge is 0.490 e. The number of hydrogen-bond donors (Lipinski definition) is 0. The zero-order chi connectivity index (χ0) is 20.7. The molecule has 152 valence electrons. The minimum absolute atomic E-state index is 0.0444. The number of ether oxygens (including phenoxy) is 1. The fourth-order valence-corrected chi connectivity index (χ4v) is 3.61. The number of carbonyl (C=O) groups is 1. The molecule has 0 atom stereocenters. The molecule has 1 saturated carbocycles. The van der Waals surface area contributed by atoms with Crippen molar-refractivity contribution < 1.29 is 35.9 Å². The molecular weight excluding hydrogens is 386 g/mol. The number of halogens is 6. The van der Waals surface area contributed by atoms with Crippen molar-refractivity contribution in [3.05, 3.63) is 41.5 Å². The van der Waals surface area contributed by atoms with Crippen LogP contribution in [0.15, 0.2) is 30.3 Å². The van der Waals surface area contributed by atoms with Crippen LogP contribution >= 0.6 is 0 Å². The van der Waals surface area contributed by atoms with Gasteiger partial charge in [0, 0.05) is 5.56 Å². The second-order valence-corrected chi connectivity index (χ2v) is 7.06. The van der Waals surface area contributed by atoms with Crippen LogP contribution in [0.5, 0.6) is 5.75 Å². The molecule has 2 aromatic carbocycles. The van der Waals surface area contributed by atoms with Gasteiger partial charge in [0.15, 0.2) is 5.78 Å². The van der Waals surface area contributed by atoms with Gasteiger partial charge in [0.2, 0.25) is 0 Å². The Balaban J connectivity index is 1.91. The first-order chi connectivity index (χ1) is 13.0. The summed E-state index contributed by atoms with van der Waals surface area (Å²) in [5.74, 6) is -2.10. The van der Waals surface area contributed by atoms with E-state index in [1.165, 1.54) is 37.3 Å². The van der Waals surface area contributed by atoms with E-state index < -0.39 is 35.7 Å². The Bertz CT molecular complexity index is 877. The topological polar surface area (TPSA) is 26.3 Å². The molecule has 0 heterocycles. The maximum absolute atomic E-state index is 13.7. The van der Waals surface area contributed by atoms with Crippen molar-refractivity contribution in [2.24, 2.45) is 5.92 Å². The van der Waals surface area contributed by atoms with Crippen LogP contribution in [0.25, 0.3) is 10.8 Å². The summed E-state index contributed by atoms with van der Waals surface area (Å²) in [6.07, 6.45) is -9.94. The molecule has 3 rings (SSSR count). The van der Waals surface area contributed by atoms with Gasteiger partial charge in [-0.15, -0.1) is 0 Å². The maximum Gasteiger partial charge on any atom is 0.420 e. The molecule has 0 amide bonds. The monoisotopic (exact) mass is 404 g/mol. The van der Waals surface area contributed by atoms with Crippen LogP contribution in [0.1, 0.15) is 48.5 Å². The summed E-state index contributed by atoms with van der Waals surface area (Å²) in [6, 6.07) is 6.52. The normalized spacial score (nSPS) is 21.0. The number of Topliss-reactive ketones (excluding diaryl/α,β-unsaturated/α-hetero) is 1. The van der Waals surface area contributed by atoms with Crippen LogP contribution < -0.4 is 4.74 Å². The Kier molecular flexibility index (Phi) is 5.34. The van der Waals surface area contributed by atoms with Crippen LogP contribution in [0.3, 0.4) is 0 Å². The number of carbonyl (C=O) groups excluding carboxylic acids is 1. The highest BCUT2D eigenvalue weighted by atomic mass is 19.4. The summed E-state index contributed by atoms with van der Waals surface area (Å²) in [5.41, 5.74) is -0.683. The van der Waals surface area contributed by atoms with Gasteiger partial charge >= 0.3 is 12.4 Å². The molecular formula is C20H18F6O2. The SMILES string of the molecule is CC(=O)c1ccc2c(C(F)(F)F)c(OC3CCC(C(F)(F)F)CC3)ccc2c1. The molecule has 0 bridgehead atoms. The van der Waals surface area contributed by atoms with Gasteiger partial charge in [-0.25, -0.2) is 0 Å². The van der Waals surface area contributed by atoms with Gasteiger partial charge in [-0.05, 0) is 55.5 Å². The first kappa shape index (κ1) is 20.5. The molecule has 0 unspecified atom stereocenters. The number of benzene rings is 2. The lowest BCUT2D eigenvalue weighted by Crippen LogP contribution is -2.32. The maximum atomic E-state index is 13.7. The molecule has 1 aliphatic carbocycles. The molecule has 2 aromatic rings. The highest BCUT2D eigenvalue weighted by Crippen LogP contribution is 2.44. The third-order valence-corrected chi connectivity index (χ3v) is 5.10. The van der Waals surface area contributed by atoms with Crippen molar-refractivity contribution >= 4 is 16.6 Å². The number of ketones is 1. The van der Waals surface area contributed by atoms with Crippen LogP contribution in [0.2, 0.25) is 0 Å². The summed E-state index contributed by atoms with van der Waals surface area (Å²) in [7, 11) is 0. The van der Waals surface area contributed by atoms with Gasteiger partial charge < -0.3 is 4.74 Å². The Morgan fingerprint density at radius 1 is 0.964 bits per heavy atom. The second-order valence-electron chi connectivity index (χ2n) is 7.06. The lowest BCUT2D eigenvalue weighted by atomic mass is 9.87. The van der Waals surface area contributed by atoms with E-state index in [4.69, 9.17) is 4.74 Å². The highest BCUT2D eigenvalue weighted by Gasteiger charge is 2.42. The molecule has 0 spiro atoms. The van der Waals surface area contributed by atoms with E-state index >= 15 is 0 Å². The molecule has 2 nitrogen and oxygen atoms in total. The van der Waals surface area contributed by atoms with Crippen LogP contribution in [-0.2, 0) is 6.18 Å². The van der Waals surface area contributed by atoms with Crippen LogP contribution in [-0.4, -0.2) is 18.1 Å². The highest BCUT2D eigenvalue weighted by molar-refractivity contribution is 5.99. The predicted molar refractivity (Wildman–Crippen MR) is 91.4 cm³/mol. The third kappa shape index (κ3) is 4.25. The minimum Gasteiger partial charge on any atom is -0.490 e. The Hall–Kier alpha value is -2.25. The molecule has 8 heteroatoms. The summed E-state index contributed by atoms with van der Waals surface area (Å²) >= 11 is 0. The molecule has 28 heavy (non-hydrogen) atoms. The summed E-state index contributed by atoms with van der Waals surface area (Å²) in [5, 5.41) is 0.132. The zero-order valence-corrected chi connectivity index (χ0v) is 15.0. The van der Waals surface area contributed by atoms with E-state index in [1.807, 2.05) is 0 Å². The molecule has 1 aliphatic rings. The minimum atomic E-state index is -4.71. The van der Waals surface area contributed by atoms with Crippen molar-refractivity contribution in [2.45, 2.75) is 51.1 Å². The predicted octanol–water partition coefficient (Wildman–Crippen LogP) is 6.56. The Labute approximate surface area is 157 Å². The average Bonchev–Trinajstić information content (AvgIpc) is 2.59. The van der Waals surface area contributed by atoms with E-state index in [1.54, 1.807) is 0 Å². The number of rotatable bonds is 3. The fraction of sp³-hybridized carbons (Fsp3) is 0.450. The van der Waals surface area contributed by atoms with Crippen molar-refractivity contribution in [3.8, 4) is 5.75 Å². The van der Waals surface area contributed by atoms with Crippen molar-refractivity contribution in [1.29, 1.82) is 0 Å². The molecule has 0 saturated heterocycles. The summed E-state index contributed by atoms with van der Waals surface area (Å²) < 4.78 is 84.9. The zero-order valence-electron chi connectivity index (χ0n) is 15.0. The van der Waals surface area contributed by atoms with Crippen molar-refractivity contribution in [2.75, 3.05) is 0 Å². The molecule has 0 aliphatic heterocycles. The van der Waals surface area contributed by atoms with E-state index in [0.717, 1.165) is 0 Å². The smallest absolute Gasteiger partial charge is 0.420 e. The summed E-state index contributed by atoms with van der Waals surface area (Å²) in [4.78, 5) is 11.5. The van der Waals surface area contributed by atoms with Crippen molar-refractivity contribution in [3.63, 3.8) is 0 Å². The van der Waals surface area contributed by atoms with Crippen LogP contribution in [0.4, 0.5) is 26.3 Å². The summed E-state index contributed by atoms with van der Waals surface area (Å²) in [6.45, 7) is 1.32. The number of fused-ring (bicyclic) bond motifs is 1. The van der Waals surface area contributed by atoms with Gasteiger partial charge in [0.25, 0.3) is 0 Å². The fourth-order valence-electron chi connectivity index (χ4n) is 3.61. The van der Waals surface area contributed by atoms with Crippen molar-refractivity contribution in [1.82, 2.24) is 0 Å². The van der Waals surface area contributed by atoms with Gasteiger partial charge in [-0.2, -0.15) is 26.3 Å². The molecule has 1 fully saturated rings. The van der Waals surface area contributed by atoms with E-state index in [2.05, 4.69) is 0 Å². The lowest BCUT2D eigenvalue weighted by Gasteiger charge is -2.31. The lowest BCUT2D eigenvalue weighted by molar-refractivity contribution is -0.185. The number of alkyl halides is 6. The quantitative estimate of drug-likeness (QED) is 0.428. The van der Waals surface area contributed by atoms with Gasteiger partial charge in [0.1, 0.15) is 11.3 Å². The van der Waals surface area contributed by atoms with Crippen LogP contribution in [0, 0.1) is 5.92 Å². The van der Waals surface area contributed by atoms with Gasteiger partial charge in [0.05, 0.1) is 12.0 Å². The van der Waals surface area contributed by atoms with E-state index in [0.29, 0.717) is 5.56 Å². The second kappa shape index (κ2) is 7.29. The third-order valence-electron chi connectivity index (χ3n) is 5.10. The van der Waals surface area contributed by atoms with E-state index in [-0.39, 0.29) is 42.2 Å². The number of hydrogen-bond acceptors (Lipinski definition) is 2.